The summed E-state index contributed by atoms with van der Waals surface area (Å²) in [6, 6.07) is 5.95. The van der Waals surface area contributed by atoms with Gasteiger partial charge in [-0.2, -0.15) is 15.0 Å². The van der Waals surface area contributed by atoms with Gasteiger partial charge in [-0.05, 0) is 18.6 Å². The molecule has 0 amide bonds. The van der Waals surface area contributed by atoms with E-state index in [1.807, 2.05) is 21.0 Å². The van der Waals surface area contributed by atoms with Crippen LogP contribution in [0.1, 0.15) is 13.3 Å². The van der Waals surface area contributed by atoms with Gasteiger partial charge in [0.25, 0.3) is 0 Å². The summed E-state index contributed by atoms with van der Waals surface area (Å²) < 4.78 is 18.7. The third-order valence-electron chi connectivity index (χ3n) is 2.54. The van der Waals surface area contributed by atoms with Crippen molar-refractivity contribution in [2.24, 2.45) is 0 Å². The van der Waals surface area contributed by atoms with Gasteiger partial charge in [0.15, 0.2) is 0 Å². The Balaban J connectivity index is 2.26. The van der Waals surface area contributed by atoms with Crippen molar-refractivity contribution in [3.05, 3.63) is 30.1 Å². The first kappa shape index (κ1) is 15.0. The molecule has 1 aromatic carbocycles. The molecule has 2 aromatic rings. The molecular weight excluding hydrogens is 273 g/mol. The fraction of sp³-hybridized carbons (Fsp3) is 0.357. The maximum absolute atomic E-state index is 13.2. The molecule has 0 aliphatic carbocycles. The van der Waals surface area contributed by atoms with E-state index >= 15 is 0 Å². The minimum atomic E-state index is -0.376. The predicted octanol–water partition coefficient (Wildman–Crippen LogP) is 2.69. The van der Waals surface area contributed by atoms with Gasteiger partial charge in [0.1, 0.15) is 11.6 Å². The molecule has 0 atom stereocenters. The van der Waals surface area contributed by atoms with Crippen molar-refractivity contribution in [3.63, 3.8) is 0 Å². The quantitative estimate of drug-likeness (QED) is 0.883. The van der Waals surface area contributed by atoms with Crippen molar-refractivity contribution in [1.29, 1.82) is 0 Å². The number of nitrogens with one attached hydrogen (secondary N) is 1. The molecule has 1 heterocycles. The van der Waals surface area contributed by atoms with Gasteiger partial charge in [-0.25, -0.2) is 4.39 Å². The molecular formula is C14H18FN5O. The summed E-state index contributed by atoms with van der Waals surface area (Å²) in [5.41, 5.74) is 0. The van der Waals surface area contributed by atoms with E-state index in [0.717, 1.165) is 13.0 Å². The average Bonchev–Trinajstić information content (AvgIpc) is 2.45. The molecule has 1 aromatic heterocycles. The van der Waals surface area contributed by atoms with Crippen molar-refractivity contribution in [1.82, 2.24) is 15.0 Å². The van der Waals surface area contributed by atoms with Gasteiger partial charge < -0.3 is 15.0 Å². The lowest BCUT2D eigenvalue weighted by Gasteiger charge is -2.13. The number of ether oxygens (including phenoxy) is 1. The van der Waals surface area contributed by atoms with Gasteiger partial charge in [-0.15, -0.1) is 0 Å². The third-order valence-corrected chi connectivity index (χ3v) is 2.54. The number of hydrogen-bond acceptors (Lipinski definition) is 6. The number of rotatable bonds is 6. The van der Waals surface area contributed by atoms with Crippen LogP contribution in [0.5, 0.6) is 11.8 Å². The molecule has 0 saturated heterocycles. The molecule has 0 aliphatic heterocycles. The van der Waals surface area contributed by atoms with E-state index in [0.29, 0.717) is 17.6 Å². The van der Waals surface area contributed by atoms with Crippen LogP contribution < -0.4 is 15.0 Å². The van der Waals surface area contributed by atoms with Crippen LogP contribution in [0.4, 0.5) is 16.3 Å². The van der Waals surface area contributed by atoms with Crippen LogP contribution >= 0.6 is 0 Å². The van der Waals surface area contributed by atoms with E-state index < -0.39 is 0 Å². The minimum absolute atomic E-state index is 0.123. The molecule has 112 valence electrons. The lowest BCUT2D eigenvalue weighted by Crippen LogP contribution is -2.16. The minimum Gasteiger partial charge on any atom is -0.424 e. The van der Waals surface area contributed by atoms with Gasteiger partial charge in [0, 0.05) is 26.7 Å². The normalized spacial score (nSPS) is 10.3. The summed E-state index contributed by atoms with van der Waals surface area (Å²) >= 11 is 0. The zero-order chi connectivity index (χ0) is 15.2. The zero-order valence-electron chi connectivity index (χ0n) is 12.3. The summed E-state index contributed by atoms with van der Waals surface area (Å²) in [4.78, 5) is 14.4. The van der Waals surface area contributed by atoms with E-state index in [9.17, 15) is 4.39 Å². The summed E-state index contributed by atoms with van der Waals surface area (Å²) in [5.74, 6) is 0.864. The first-order chi connectivity index (χ1) is 10.1. The lowest BCUT2D eigenvalue weighted by atomic mass is 10.3. The first-order valence-corrected chi connectivity index (χ1v) is 6.69. The monoisotopic (exact) mass is 291 g/mol. The summed E-state index contributed by atoms with van der Waals surface area (Å²) in [7, 11) is 3.65. The number of aromatic nitrogens is 3. The number of halogens is 1. The Bertz CT molecular complexity index is 606. The largest absolute Gasteiger partial charge is 0.424 e. The number of anilines is 2. The highest BCUT2D eigenvalue weighted by Gasteiger charge is 2.10. The number of hydrogen-bond donors (Lipinski definition) is 1. The maximum atomic E-state index is 13.2. The first-order valence-electron chi connectivity index (χ1n) is 6.69. The molecule has 0 unspecified atom stereocenters. The molecule has 0 spiro atoms. The fourth-order valence-electron chi connectivity index (χ4n) is 1.54. The molecule has 1 N–H and O–H groups in total. The molecule has 6 nitrogen and oxygen atoms in total. The molecule has 0 aliphatic rings. The van der Waals surface area contributed by atoms with Crippen LogP contribution in [-0.2, 0) is 0 Å². The second kappa shape index (κ2) is 6.83. The van der Waals surface area contributed by atoms with Crippen LogP contribution in [0.3, 0.4) is 0 Å². The molecule has 21 heavy (non-hydrogen) atoms. The summed E-state index contributed by atoms with van der Waals surface area (Å²) in [6.07, 6.45) is 0.947. The Labute approximate surface area is 123 Å². The van der Waals surface area contributed by atoms with Crippen molar-refractivity contribution in [2.75, 3.05) is 30.9 Å². The highest BCUT2D eigenvalue weighted by molar-refractivity contribution is 5.38. The standard InChI is InChI=1S/C14H18FN5O/c1-4-8-16-12-17-13(20(2)3)19-14(18-12)21-11-7-5-6-10(15)9-11/h5-7,9H,4,8H2,1-3H3,(H,16,17,18,19). The predicted molar refractivity (Wildman–Crippen MR) is 79.4 cm³/mol. The van der Waals surface area contributed by atoms with E-state index in [1.54, 1.807) is 17.0 Å². The zero-order valence-corrected chi connectivity index (χ0v) is 12.3. The molecule has 0 radical (unpaired) electrons. The number of nitrogens with zero attached hydrogens (tertiary/aromatic N) is 4. The van der Waals surface area contributed by atoms with Crippen molar-refractivity contribution in [3.8, 4) is 11.8 Å². The van der Waals surface area contributed by atoms with E-state index in [-0.39, 0.29) is 11.8 Å². The maximum Gasteiger partial charge on any atom is 0.328 e. The molecule has 7 heteroatoms. The second-order valence-corrected chi connectivity index (χ2v) is 4.62. The van der Waals surface area contributed by atoms with E-state index in [4.69, 9.17) is 4.74 Å². The fourth-order valence-corrected chi connectivity index (χ4v) is 1.54. The molecule has 0 fully saturated rings. The Morgan fingerprint density at radius 2 is 2.05 bits per heavy atom. The lowest BCUT2D eigenvalue weighted by molar-refractivity contribution is 0.436. The average molecular weight is 291 g/mol. The highest BCUT2D eigenvalue weighted by Crippen LogP contribution is 2.21. The summed E-state index contributed by atoms with van der Waals surface area (Å²) in [6.45, 7) is 2.79. The summed E-state index contributed by atoms with van der Waals surface area (Å²) in [5, 5.41) is 3.08. The van der Waals surface area contributed by atoms with Gasteiger partial charge in [-0.3, -0.25) is 0 Å². The Morgan fingerprint density at radius 1 is 1.24 bits per heavy atom. The van der Waals surface area contributed by atoms with Gasteiger partial charge in [-0.1, -0.05) is 13.0 Å². The number of benzene rings is 1. The van der Waals surface area contributed by atoms with Crippen molar-refractivity contribution < 1.29 is 9.13 Å². The van der Waals surface area contributed by atoms with Gasteiger partial charge in [0.05, 0.1) is 0 Å². The molecule has 0 saturated carbocycles. The van der Waals surface area contributed by atoms with Gasteiger partial charge in [0.2, 0.25) is 11.9 Å². The van der Waals surface area contributed by atoms with Crippen LogP contribution in [0.25, 0.3) is 0 Å². The van der Waals surface area contributed by atoms with E-state index in [2.05, 4.69) is 20.3 Å². The van der Waals surface area contributed by atoms with Crippen molar-refractivity contribution in [2.45, 2.75) is 13.3 Å². The Hall–Kier alpha value is -2.44. The Morgan fingerprint density at radius 3 is 2.71 bits per heavy atom. The SMILES string of the molecule is CCCNc1nc(Oc2cccc(F)c2)nc(N(C)C)n1. The van der Waals surface area contributed by atoms with Crippen LogP contribution in [0, 0.1) is 5.82 Å². The molecule has 2 rings (SSSR count). The van der Waals surface area contributed by atoms with Crippen LogP contribution in [-0.4, -0.2) is 35.6 Å². The Kier molecular flexibility index (Phi) is 4.86. The van der Waals surface area contributed by atoms with Crippen LogP contribution in [0.2, 0.25) is 0 Å². The second-order valence-electron chi connectivity index (χ2n) is 4.62. The smallest absolute Gasteiger partial charge is 0.328 e. The van der Waals surface area contributed by atoms with E-state index in [1.165, 1.54) is 12.1 Å². The molecule has 0 bridgehead atoms. The highest BCUT2D eigenvalue weighted by atomic mass is 19.1. The third kappa shape index (κ3) is 4.27. The van der Waals surface area contributed by atoms with Gasteiger partial charge >= 0.3 is 6.01 Å². The van der Waals surface area contributed by atoms with Crippen molar-refractivity contribution >= 4 is 11.9 Å². The topological polar surface area (TPSA) is 63.2 Å². The van der Waals surface area contributed by atoms with Crippen LogP contribution in [0.15, 0.2) is 24.3 Å².